The van der Waals surface area contributed by atoms with Gasteiger partial charge < -0.3 is 20.5 Å². The summed E-state index contributed by atoms with van der Waals surface area (Å²) in [6.45, 7) is 5.47. The Bertz CT molecular complexity index is 551. The molecule has 0 spiro atoms. The highest BCUT2D eigenvalue weighted by Crippen LogP contribution is 2.26. The van der Waals surface area contributed by atoms with E-state index < -0.39 is 6.10 Å². The molecule has 3 N–H and O–H groups in total. The molecule has 0 amide bonds. The summed E-state index contributed by atoms with van der Waals surface area (Å²) in [6.07, 6.45) is 3.52. The van der Waals surface area contributed by atoms with Gasteiger partial charge in [0.25, 0.3) is 0 Å². The number of nitrogens with one attached hydrogen (secondary N) is 2. The van der Waals surface area contributed by atoms with E-state index in [-0.39, 0.29) is 24.0 Å². The lowest BCUT2D eigenvalue weighted by Gasteiger charge is -2.16. The number of thiophene rings is 1. The minimum absolute atomic E-state index is 0. The Kier molecular flexibility index (Phi) is 10.9. The number of aliphatic imine (C=N–C) groups is 1. The maximum atomic E-state index is 10.1. The average molecular weight is 486 g/mol. The molecule has 0 aliphatic carbocycles. The Morgan fingerprint density at radius 1 is 1.46 bits per heavy atom. The molecule has 0 bridgehead atoms. The smallest absolute Gasteiger partial charge is 0.191 e. The zero-order valence-electron chi connectivity index (χ0n) is 13.8. The Labute approximate surface area is 169 Å². The van der Waals surface area contributed by atoms with Gasteiger partial charge in [0.05, 0.1) is 24.1 Å². The van der Waals surface area contributed by atoms with Crippen molar-refractivity contribution in [1.82, 2.24) is 10.6 Å². The van der Waals surface area contributed by atoms with Crippen LogP contribution in [0, 0.1) is 0 Å². The van der Waals surface area contributed by atoms with Crippen molar-refractivity contribution >= 4 is 52.9 Å². The van der Waals surface area contributed by atoms with Crippen molar-refractivity contribution in [3.05, 3.63) is 33.0 Å². The Morgan fingerprint density at radius 2 is 2.29 bits per heavy atom. The van der Waals surface area contributed by atoms with E-state index in [0.29, 0.717) is 10.9 Å². The molecule has 1 aliphatic rings. The topological polar surface area (TPSA) is 65.9 Å². The van der Waals surface area contributed by atoms with Gasteiger partial charge in [-0.15, -0.1) is 35.3 Å². The summed E-state index contributed by atoms with van der Waals surface area (Å²) in [5, 5.41) is 16.6. The number of ether oxygens (including phenoxy) is 1. The van der Waals surface area contributed by atoms with E-state index in [1.807, 2.05) is 13.0 Å². The van der Waals surface area contributed by atoms with Crippen molar-refractivity contribution in [2.24, 2.45) is 4.99 Å². The molecule has 0 aromatic carbocycles. The van der Waals surface area contributed by atoms with E-state index in [1.165, 1.54) is 16.9 Å². The highest BCUT2D eigenvalue weighted by molar-refractivity contribution is 14.0. The predicted molar refractivity (Wildman–Crippen MR) is 112 cm³/mol. The molecule has 0 saturated heterocycles. The van der Waals surface area contributed by atoms with Crippen LogP contribution in [0.2, 0.25) is 4.34 Å². The molecule has 1 aromatic heterocycles. The van der Waals surface area contributed by atoms with Crippen LogP contribution in [0.3, 0.4) is 0 Å². The van der Waals surface area contributed by atoms with Crippen LogP contribution in [0.25, 0.3) is 0 Å². The maximum Gasteiger partial charge on any atom is 0.191 e. The fourth-order valence-corrected chi connectivity index (χ4v) is 3.29. The standard InChI is InChI=1S/C16H24ClN3O2S.HI/c1-2-18-16(19-8-5-12-6-9-22-10-7-12)20-11-13(21)14-3-4-15(17)23-14;/h3-4,6,13,21H,2,5,7-11H2,1H3,(H2,18,19,20);1H. The molecule has 0 fully saturated rings. The van der Waals surface area contributed by atoms with Crippen LogP contribution in [0.4, 0.5) is 0 Å². The fraction of sp³-hybridized carbons (Fsp3) is 0.562. The van der Waals surface area contributed by atoms with Crippen LogP contribution in [0.15, 0.2) is 28.8 Å². The van der Waals surface area contributed by atoms with Gasteiger partial charge in [0.15, 0.2) is 5.96 Å². The van der Waals surface area contributed by atoms with E-state index in [2.05, 4.69) is 21.7 Å². The highest BCUT2D eigenvalue weighted by Gasteiger charge is 2.10. The van der Waals surface area contributed by atoms with Crippen LogP contribution in [-0.4, -0.2) is 43.9 Å². The van der Waals surface area contributed by atoms with Crippen molar-refractivity contribution in [2.45, 2.75) is 25.9 Å². The summed E-state index contributed by atoms with van der Waals surface area (Å²) in [6, 6.07) is 3.63. The molecule has 0 saturated carbocycles. The third-order valence-electron chi connectivity index (χ3n) is 3.48. The van der Waals surface area contributed by atoms with Crippen molar-refractivity contribution in [3.63, 3.8) is 0 Å². The van der Waals surface area contributed by atoms with Crippen molar-refractivity contribution in [1.29, 1.82) is 0 Å². The number of hydrogen-bond donors (Lipinski definition) is 3. The fourth-order valence-electron chi connectivity index (χ4n) is 2.25. The summed E-state index contributed by atoms with van der Waals surface area (Å²) < 4.78 is 5.98. The molecular formula is C16H25ClIN3O2S. The molecule has 2 rings (SSSR count). The first kappa shape index (κ1) is 21.7. The third-order valence-corrected chi connectivity index (χ3v) is 4.82. The summed E-state index contributed by atoms with van der Waals surface area (Å²) in [4.78, 5) is 5.28. The molecule has 1 aromatic rings. The van der Waals surface area contributed by atoms with Gasteiger partial charge in [-0.25, -0.2) is 0 Å². The van der Waals surface area contributed by atoms with E-state index >= 15 is 0 Å². The van der Waals surface area contributed by atoms with Crippen LogP contribution in [0.1, 0.15) is 30.7 Å². The van der Waals surface area contributed by atoms with E-state index in [1.54, 1.807) is 6.07 Å². The molecule has 0 radical (unpaired) electrons. The number of hydrogen-bond acceptors (Lipinski definition) is 4. The van der Waals surface area contributed by atoms with E-state index in [0.717, 1.165) is 50.0 Å². The van der Waals surface area contributed by atoms with Gasteiger partial charge in [-0.3, -0.25) is 4.99 Å². The first-order chi connectivity index (χ1) is 11.2. The second-order valence-electron chi connectivity index (χ2n) is 5.24. The molecule has 24 heavy (non-hydrogen) atoms. The number of guanidine groups is 1. The molecule has 8 heteroatoms. The first-order valence-corrected chi connectivity index (χ1v) is 9.09. The number of aliphatic hydroxyl groups is 1. The Morgan fingerprint density at radius 3 is 2.92 bits per heavy atom. The van der Waals surface area contributed by atoms with Crippen molar-refractivity contribution < 1.29 is 9.84 Å². The van der Waals surface area contributed by atoms with Gasteiger partial charge in [-0.2, -0.15) is 0 Å². The lowest BCUT2D eigenvalue weighted by atomic mass is 10.1. The zero-order valence-corrected chi connectivity index (χ0v) is 17.7. The van der Waals surface area contributed by atoms with E-state index in [4.69, 9.17) is 16.3 Å². The average Bonchev–Trinajstić information content (AvgIpc) is 3.00. The van der Waals surface area contributed by atoms with Gasteiger partial charge in [-0.1, -0.05) is 23.3 Å². The van der Waals surface area contributed by atoms with Crippen LogP contribution in [-0.2, 0) is 4.74 Å². The second-order valence-corrected chi connectivity index (χ2v) is 6.99. The van der Waals surface area contributed by atoms with Gasteiger partial charge >= 0.3 is 0 Å². The van der Waals surface area contributed by atoms with Gasteiger partial charge in [0, 0.05) is 18.0 Å². The molecule has 1 unspecified atom stereocenters. The summed E-state index contributed by atoms with van der Waals surface area (Å²) in [5.74, 6) is 0.724. The lowest BCUT2D eigenvalue weighted by molar-refractivity contribution is 0.153. The molecule has 5 nitrogen and oxygen atoms in total. The normalized spacial score (nSPS) is 16.1. The monoisotopic (exact) mass is 485 g/mol. The molecular weight excluding hydrogens is 461 g/mol. The zero-order chi connectivity index (χ0) is 16.5. The molecule has 136 valence electrons. The number of rotatable bonds is 7. The number of halogens is 2. The Balaban J connectivity index is 0.00000288. The number of aliphatic hydroxyl groups excluding tert-OH is 1. The second kappa shape index (κ2) is 12.1. The van der Waals surface area contributed by atoms with E-state index in [9.17, 15) is 5.11 Å². The SMILES string of the molecule is CCNC(=NCC(O)c1ccc(Cl)s1)NCCC1=CCOCC1.I. The van der Waals surface area contributed by atoms with Crippen LogP contribution >= 0.6 is 46.9 Å². The highest BCUT2D eigenvalue weighted by atomic mass is 127. The van der Waals surface area contributed by atoms with Gasteiger partial charge in [0.2, 0.25) is 0 Å². The van der Waals surface area contributed by atoms with Crippen molar-refractivity contribution in [2.75, 3.05) is 32.8 Å². The largest absolute Gasteiger partial charge is 0.386 e. The lowest BCUT2D eigenvalue weighted by Crippen LogP contribution is -2.38. The molecule has 1 atom stereocenters. The minimum Gasteiger partial charge on any atom is -0.386 e. The van der Waals surface area contributed by atoms with Crippen molar-refractivity contribution in [3.8, 4) is 0 Å². The predicted octanol–water partition coefficient (Wildman–Crippen LogP) is 3.34. The van der Waals surface area contributed by atoms with Crippen LogP contribution < -0.4 is 10.6 Å². The first-order valence-electron chi connectivity index (χ1n) is 7.90. The summed E-state index contributed by atoms with van der Waals surface area (Å²) in [5.41, 5.74) is 1.42. The summed E-state index contributed by atoms with van der Waals surface area (Å²) in [7, 11) is 0. The third kappa shape index (κ3) is 7.69. The Hall–Kier alpha value is -0.350. The quantitative estimate of drug-likeness (QED) is 0.240. The molecule has 2 heterocycles. The van der Waals surface area contributed by atoms with Crippen LogP contribution in [0.5, 0.6) is 0 Å². The molecule has 1 aliphatic heterocycles. The minimum atomic E-state index is -0.624. The maximum absolute atomic E-state index is 10.1. The number of nitrogens with zero attached hydrogens (tertiary/aromatic N) is 1. The summed E-state index contributed by atoms with van der Waals surface area (Å²) >= 11 is 7.28. The van der Waals surface area contributed by atoms with Gasteiger partial charge in [-0.05, 0) is 31.9 Å². The van der Waals surface area contributed by atoms with Gasteiger partial charge in [0.1, 0.15) is 6.10 Å².